The quantitative estimate of drug-likeness (QED) is 0.0986. The maximum Gasteiger partial charge on any atom is 0.308 e. The molecule has 0 heterocycles. The molecule has 2 unspecified atom stereocenters. The number of rotatable bonds is 24. The third kappa shape index (κ3) is 23.1. The van der Waals surface area contributed by atoms with Crippen molar-refractivity contribution in [2.24, 2.45) is 23.7 Å². The summed E-state index contributed by atoms with van der Waals surface area (Å²) in [5.41, 5.74) is 0. The predicted molar refractivity (Wildman–Crippen MR) is 148 cm³/mol. The van der Waals surface area contributed by atoms with Crippen LogP contribution in [0.4, 0.5) is 0 Å². The van der Waals surface area contributed by atoms with Gasteiger partial charge < -0.3 is 9.47 Å². The number of unbranched alkanes of at least 4 members (excludes halogenated alkanes) is 10. The van der Waals surface area contributed by atoms with Crippen molar-refractivity contribution in [2.75, 3.05) is 13.2 Å². The largest absolute Gasteiger partial charge is 0.466 e. The lowest BCUT2D eigenvalue weighted by molar-refractivity contribution is -0.150. The van der Waals surface area contributed by atoms with Crippen LogP contribution in [0.2, 0.25) is 0 Å². The van der Waals surface area contributed by atoms with Crippen LogP contribution in [0.5, 0.6) is 0 Å². The summed E-state index contributed by atoms with van der Waals surface area (Å²) in [7, 11) is 0. The summed E-state index contributed by atoms with van der Waals surface area (Å²) in [6.07, 6.45) is 19.6. The molecule has 0 aliphatic carbocycles. The molecule has 0 rings (SSSR count). The summed E-state index contributed by atoms with van der Waals surface area (Å²) in [5.74, 6) is 1.73. The van der Waals surface area contributed by atoms with Crippen LogP contribution in [0.3, 0.4) is 0 Å². The number of carbonyl (C=O) groups excluding carboxylic acids is 2. The van der Waals surface area contributed by atoms with Gasteiger partial charge in [0.25, 0.3) is 0 Å². The summed E-state index contributed by atoms with van der Waals surface area (Å²) in [6, 6.07) is 0. The zero-order chi connectivity index (χ0) is 26.3. The first-order chi connectivity index (χ1) is 16.7. The van der Waals surface area contributed by atoms with E-state index in [0.717, 1.165) is 44.9 Å². The van der Waals surface area contributed by atoms with Crippen LogP contribution in [-0.4, -0.2) is 25.2 Å². The van der Waals surface area contributed by atoms with Gasteiger partial charge in [-0.3, -0.25) is 9.59 Å². The topological polar surface area (TPSA) is 52.6 Å². The van der Waals surface area contributed by atoms with Gasteiger partial charge in [0.2, 0.25) is 0 Å². The van der Waals surface area contributed by atoms with Gasteiger partial charge in [0, 0.05) is 6.42 Å². The molecular formula is C31H60O4. The number of hydrogen-bond donors (Lipinski definition) is 0. The number of ether oxygens (including phenoxy) is 2. The Morgan fingerprint density at radius 1 is 0.514 bits per heavy atom. The van der Waals surface area contributed by atoms with E-state index in [2.05, 4.69) is 34.6 Å². The van der Waals surface area contributed by atoms with Crippen LogP contribution in [0.15, 0.2) is 0 Å². The summed E-state index contributed by atoms with van der Waals surface area (Å²) < 4.78 is 10.8. The van der Waals surface area contributed by atoms with E-state index in [-0.39, 0.29) is 17.9 Å². The number of hydrogen-bond acceptors (Lipinski definition) is 4. The molecule has 0 aliphatic rings. The van der Waals surface area contributed by atoms with Crippen LogP contribution < -0.4 is 0 Å². The Morgan fingerprint density at radius 2 is 0.943 bits per heavy atom. The fraction of sp³-hybridized carbons (Fsp3) is 0.935. The average Bonchev–Trinajstić information content (AvgIpc) is 2.81. The van der Waals surface area contributed by atoms with Gasteiger partial charge in [0.1, 0.15) is 0 Å². The number of esters is 2. The highest BCUT2D eigenvalue weighted by Gasteiger charge is 2.21. The second-order valence-corrected chi connectivity index (χ2v) is 11.7. The van der Waals surface area contributed by atoms with Crippen molar-refractivity contribution in [3.05, 3.63) is 0 Å². The van der Waals surface area contributed by atoms with Gasteiger partial charge in [-0.2, -0.15) is 0 Å². The Hall–Kier alpha value is -1.06. The summed E-state index contributed by atoms with van der Waals surface area (Å²) in [5, 5.41) is 0. The molecule has 4 heteroatoms. The molecule has 2 atom stereocenters. The number of carbonyl (C=O) groups is 2. The highest BCUT2D eigenvalue weighted by atomic mass is 16.5. The molecule has 0 N–H and O–H groups in total. The Labute approximate surface area is 218 Å². The molecule has 208 valence electrons. The standard InChI is InChI=1S/C31H60O4/c1-26(2)20-18-24-34-30(32)23-17-15-13-11-9-7-8-10-12-14-16-22-28(5)29(6)31(33)35-25-19-21-27(3)4/h26-29H,7-25H2,1-6H3. The van der Waals surface area contributed by atoms with Crippen molar-refractivity contribution < 1.29 is 19.1 Å². The molecule has 0 aromatic carbocycles. The van der Waals surface area contributed by atoms with Crippen molar-refractivity contribution >= 4 is 11.9 Å². The Balaban J connectivity index is 3.44. The zero-order valence-electron chi connectivity index (χ0n) is 24.4. The van der Waals surface area contributed by atoms with E-state index in [9.17, 15) is 9.59 Å². The van der Waals surface area contributed by atoms with E-state index in [4.69, 9.17) is 9.47 Å². The molecule has 0 fully saturated rings. The van der Waals surface area contributed by atoms with Gasteiger partial charge in [0.15, 0.2) is 0 Å². The minimum Gasteiger partial charge on any atom is -0.466 e. The van der Waals surface area contributed by atoms with Crippen molar-refractivity contribution in [3.8, 4) is 0 Å². The summed E-state index contributed by atoms with van der Waals surface area (Å²) >= 11 is 0. The minimum atomic E-state index is -0.0189. The van der Waals surface area contributed by atoms with E-state index in [1.807, 2.05) is 6.92 Å². The molecule has 35 heavy (non-hydrogen) atoms. The predicted octanol–water partition coefficient (Wildman–Crippen LogP) is 9.29. The van der Waals surface area contributed by atoms with Crippen molar-refractivity contribution in [1.82, 2.24) is 0 Å². The SMILES string of the molecule is CC(C)CCCOC(=O)CCCCCCCCCCCCCC(C)C(C)C(=O)OCCCC(C)C. The molecule has 0 bridgehead atoms. The molecule has 0 aliphatic heterocycles. The molecule has 0 saturated carbocycles. The lowest BCUT2D eigenvalue weighted by atomic mass is 9.90. The normalized spacial score (nSPS) is 13.3. The molecule has 0 aromatic rings. The average molecular weight is 497 g/mol. The Morgan fingerprint density at radius 3 is 1.43 bits per heavy atom. The van der Waals surface area contributed by atoms with Crippen LogP contribution in [-0.2, 0) is 19.1 Å². The van der Waals surface area contributed by atoms with Crippen LogP contribution in [0.25, 0.3) is 0 Å². The first kappa shape index (κ1) is 33.9. The summed E-state index contributed by atoms with van der Waals surface area (Å²) in [4.78, 5) is 23.9. The van der Waals surface area contributed by atoms with Crippen LogP contribution in [0.1, 0.15) is 151 Å². The summed E-state index contributed by atoms with van der Waals surface area (Å²) in [6.45, 7) is 14.2. The van der Waals surface area contributed by atoms with Crippen molar-refractivity contribution in [3.63, 3.8) is 0 Å². The van der Waals surface area contributed by atoms with Gasteiger partial charge in [-0.1, -0.05) is 106 Å². The highest BCUT2D eigenvalue weighted by Crippen LogP contribution is 2.21. The third-order valence-electron chi connectivity index (χ3n) is 7.12. The molecular weight excluding hydrogens is 436 g/mol. The van der Waals surface area contributed by atoms with Gasteiger partial charge in [-0.05, 0) is 56.3 Å². The minimum absolute atomic E-state index is 0.00871. The zero-order valence-corrected chi connectivity index (χ0v) is 24.4. The van der Waals surface area contributed by atoms with E-state index >= 15 is 0 Å². The molecule has 0 spiro atoms. The first-order valence-corrected chi connectivity index (χ1v) is 15.1. The van der Waals surface area contributed by atoms with Crippen LogP contribution in [0, 0.1) is 23.7 Å². The fourth-order valence-electron chi connectivity index (χ4n) is 4.35. The van der Waals surface area contributed by atoms with Gasteiger partial charge in [-0.15, -0.1) is 0 Å². The van der Waals surface area contributed by atoms with E-state index < -0.39 is 0 Å². The van der Waals surface area contributed by atoms with E-state index in [1.54, 1.807) is 0 Å². The molecule has 4 nitrogen and oxygen atoms in total. The van der Waals surface area contributed by atoms with Gasteiger partial charge in [-0.25, -0.2) is 0 Å². The first-order valence-electron chi connectivity index (χ1n) is 15.1. The molecule has 0 amide bonds. The van der Waals surface area contributed by atoms with Gasteiger partial charge in [0.05, 0.1) is 19.1 Å². The van der Waals surface area contributed by atoms with E-state index in [0.29, 0.717) is 37.4 Å². The fourth-order valence-corrected chi connectivity index (χ4v) is 4.35. The van der Waals surface area contributed by atoms with Crippen molar-refractivity contribution in [1.29, 1.82) is 0 Å². The van der Waals surface area contributed by atoms with Crippen LogP contribution >= 0.6 is 0 Å². The van der Waals surface area contributed by atoms with Gasteiger partial charge >= 0.3 is 11.9 Å². The van der Waals surface area contributed by atoms with Crippen molar-refractivity contribution in [2.45, 2.75) is 151 Å². The Kier molecular flexibility index (Phi) is 22.6. The Bertz CT molecular complexity index is 500. The molecule has 0 saturated heterocycles. The smallest absolute Gasteiger partial charge is 0.308 e. The lowest BCUT2D eigenvalue weighted by Gasteiger charge is -2.18. The lowest BCUT2D eigenvalue weighted by Crippen LogP contribution is -2.22. The monoisotopic (exact) mass is 496 g/mol. The second-order valence-electron chi connectivity index (χ2n) is 11.7. The molecule has 0 aromatic heterocycles. The molecule has 0 radical (unpaired) electrons. The van der Waals surface area contributed by atoms with E-state index in [1.165, 1.54) is 57.8 Å². The maximum absolute atomic E-state index is 12.2. The third-order valence-corrected chi connectivity index (χ3v) is 7.12. The maximum atomic E-state index is 12.2. The second kappa shape index (κ2) is 23.3. The highest BCUT2D eigenvalue weighted by molar-refractivity contribution is 5.72.